The molecule has 0 bridgehead atoms. The molecule has 1 aliphatic carbocycles. The first-order chi connectivity index (χ1) is 11.4. The molecule has 1 saturated carbocycles. The number of hydrogen-bond acceptors (Lipinski definition) is 6. The Morgan fingerprint density at radius 1 is 1.50 bits per heavy atom. The third-order valence-corrected chi connectivity index (χ3v) is 5.49. The molecule has 24 heavy (non-hydrogen) atoms. The Labute approximate surface area is 139 Å². The van der Waals surface area contributed by atoms with Gasteiger partial charge in [0.1, 0.15) is 10.9 Å². The van der Waals surface area contributed by atoms with Crippen LogP contribution >= 0.6 is 0 Å². The van der Waals surface area contributed by atoms with Gasteiger partial charge in [-0.3, -0.25) is 4.79 Å². The van der Waals surface area contributed by atoms with Crippen molar-refractivity contribution in [2.24, 2.45) is 0 Å². The second kappa shape index (κ2) is 6.48. The topological polar surface area (TPSA) is 122 Å². The molecule has 2 heterocycles. The molecule has 1 aliphatic rings. The molecule has 0 aliphatic heterocycles. The van der Waals surface area contributed by atoms with E-state index >= 15 is 0 Å². The third-order valence-electron chi connectivity index (χ3n) is 4.05. The lowest BCUT2D eigenvalue weighted by Gasteiger charge is -2.14. The quantitative estimate of drug-likeness (QED) is 0.744. The van der Waals surface area contributed by atoms with Crippen LogP contribution in [0.25, 0.3) is 11.1 Å². The molecule has 1 atom stereocenters. The fraction of sp³-hybridized carbons (Fsp3) is 0.533. The number of hydrogen-bond donors (Lipinski definition) is 2. The largest absolute Gasteiger partial charge is 0.480 e. The van der Waals surface area contributed by atoms with Crippen LogP contribution in [-0.4, -0.2) is 35.7 Å². The molecule has 2 N–H and O–H groups in total. The second-order valence-electron chi connectivity index (χ2n) is 6.02. The van der Waals surface area contributed by atoms with Crippen LogP contribution in [0.2, 0.25) is 0 Å². The summed E-state index contributed by atoms with van der Waals surface area (Å²) in [7, 11) is -3.99. The number of carbonyl (C=O) groups is 1. The summed E-state index contributed by atoms with van der Waals surface area (Å²) in [5.41, 5.74) is 1.01. The van der Waals surface area contributed by atoms with E-state index in [1.54, 1.807) is 0 Å². The second-order valence-corrected chi connectivity index (χ2v) is 7.73. The van der Waals surface area contributed by atoms with E-state index in [2.05, 4.69) is 14.9 Å². The zero-order valence-corrected chi connectivity index (χ0v) is 14.0. The zero-order valence-electron chi connectivity index (χ0n) is 13.2. The van der Waals surface area contributed by atoms with Crippen molar-refractivity contribution in [3.8, 4) is 0 Å². The summed E-state index contributed by atoms with van der Waals surface area (Å²) in [4.78, 5) is 15.2. The van der Waals surface area contributed by atoms with E-state index < -0.39 is 22.0 Å². The van der Waals surface area contributed by atoms with Gasteiger partial charge in [0.2, 0.25) is 10.0 Å². The van der Waals surface area contributed by atoms with Crippen molar-refractivity contribution in [3.63, 3.8) is 0 Å². The normalized spacial score (nSPS) is 16.4. The Balaban J connectivity index is 1.89. The van der Waals surface area contributed by atoms with Gasteiger partial charge in [-0.25, -0.2) is 13.4 Å². The van der Waals surface area contributed by atoms with Gasteiger partial charge >= 0.3 is 5.97 Å². The average Bonchev–Trinajstić information content (AvgIpc) is 3.30. The van der Waals surface area contributed by atoms with Crippen molar-refractivity contribution in [3.05, 3.63) is 18.0 Å². The predicted molar refractivity (Wildman–Crippen MR) is 85.0 cm³/mol. The first-order valence-corrected chi connectivity index (χ1v) is 9.41. The maximum absolute atomic E-state index is 12.5. The molecule has 0 aromatic carbocycles. The minimum absolute atomic E-state index is 0.0807. The number of nitrogens with zero attached hydrogens (tertiary/aromatic N) is 2. The maximum atomic E-state index is 12.5. The highest BCUT2D eigenvalue weighted by Crippen LogP contribution is 2.42. The van der Waals surface area contributed by atoms with Gasteiger partial charge < -0.3 is 9.63 Å². The number of nitrogens with one attached hydrogen (secondary N) is 1. The summed E-state index contributed by atoms with van der Waals surface area (Å²) < 4.78 is 32.4. The fourth-order valence-corrected chi connectivity index (χ4v) is 3.72. The predicted octanol–water partition coefficient (Wildman–Crippen LogP) is 2.02. The third kappa shape index (κ3) is 3.41. The van der Waals surface area contributed by atoms with Crippen LogP contribution < -0.4 is 4.72 Å². The van der Waals surface area contributed by atoms with Gasteiger partial charge in [0.25, 0.3) is 5.71 Å². The highest BCUT2D eigenvalue weighted by molar-refractivity contribution is 7.89. The number of carboxylic acid groups (broad SMARTS) is 1. The van der Waals surface area contributed by atoms with Crippen molar-refractivity contribution in [1.29, 1.82) is 0 Å². The Morgan fingerprint density at radius 2 is 2.25 bits per heavy atom. The molecular formula is C15H19N3O5S. The molecule has 130 valence electrons. The molecule has 9 heteroatoms. The van der Waals surface area contributed by atoms with Crippen LogP contribution in [-0.2, 0) is 14.8 Å². The summed E-state index contributed by atoms with van der Waals surface area (Å²) in [6, 6.07) is 0.295. The Morgan fingerprint density at radius 3 is 2.88 bits per heavy atom. The van der Waals surface area contributed by atoms with Gasteiger partial charge in [0.05, 0.1) is 17.3 Å². The summed E-state index contributed by atoms with van der Waals surface area (Å²) in [6.45, 7) is 1.91. The standard InChI is InChI=1S/C15H19N3O5S/c1-2-3-4-12(15(19)20)18-24(21,22)10-7-11-13(9-5-6-9)17-23-14(11)16-8-10/h7-9,12,18H,2-6H2,1H3,(H,19,20)/t12-/m0/s1. The minimum atomic E-state index is -3.99. The van der Waals surface area contributed by atoms with Gasteiger partial charge in [-0.1, -0.05) is 24.9 Å². The van der Waals surface area contributed by atoms with Crippen LogP contribution in [0.3, 0.4) is 0 Å². The van der Waals surface area contributed by atoms with Crippen molar-refractivity contribution in [1.82, 2.24) is 14.9 Å². The van der Waals surface area contributed by atoms with Gasteiger partial charge in [-0.05, 0) is 25.3 Å². The molecular weight excluding hydrogens is 334 g/mol. The molecule has 0 radical (unpaired) electrons. The Bertz CT molecular complexity index is 857. The van der Waals surface area contributed by atoms with E-state index in [4.69, 9.17) is 4.52 Å². The SMILES string of the molecule is CCCC[C@H](NS(=O)(=O)c1cnc2onc(C3CC3)c2c1)C(=O)O. The Kier molecular flexibility index (Phi) is 4.55. The smallest absolute Gasteiger partial charge is 0.321 e. The first kappa shape index (κ1) is 16.8. The van der Waals surface area contributed by atoms with E-state index in [0.29, 0.717) is 11.8 Å². The van der Waals surface area contributed by atoms with E-state index in [1.807, 2.05) is 6.92 Å². The molecule has 1 fully saturated rings. The van der Waals surface area contributed by atoms with Gasteiger partial charge in [-0.15, -0.1) is 0 Å². The van der Waals surface area contributed by atoms with Crippen molar-refractivity contribution in [2.45, 2.75) is 55.9 Å². The molecule has 0 amide bonds. The summed E-state index contributed by atoms with van der Waals surface area (Å²) >= 11 is 0. The number of carboxylic acids is 1. The van der Waals surface area contributed by atoms with Crippen molar-refractivity contribution < 1.29 is 22.8 Å². The number of aliphatic carboxylic acids is 1. The van der Waals surface area contributed by atoms with Gasteiger partial charge in [0, 0.05) is 5.92 Å². The molecule has 8 nitrogen and oxygen atoms in total. The number of fused-ring (bicyclic) bond motifs is 1. The summed E-state index contributed by atoms with van der Waals surface area (Å²) in [6.07, 6.45) is 4.79. The number of sulfonamides is 1. The van der Waals surface area contributed by atoms with Crippen LogP contribution in [0, 0.1) is 0 Å². The van der Waals surface area contributed by atoms with Gasteiger partial charge in [0.15, 0.2) is 0 Å². The van der Waals surface area contributed by atoms with E-state index in [9.17, 15) is 18.3 Å². The van der Waals surface area contributed by atoms with E-state index in [0.717, 1.165) is 31.2 Å². The summed E-state index contributed by atoms with van der Waals surface area (Å²) in [5, 5.41) is 13.7. The number of aromatic nitrogens is 2. The van der Waals surface area contributed by atoms with Crippen molar-refractivity contribution >= 4 is 27.1 Å². The average molecular weight is 353 g/mol. The fourth-order valence-electron chi connectivity index (χ4n) is 2.53. The highest BCUT2D eigenvalue weighted by Gasteiger charge is 2.31. The zero-order chi connectivity index (χ0) is 17.3. The molecule has 2 aromatic rings. The lowest BCUT2D eigenvalue weighted by Crippen LogP contribution is -2.40. The van der Waals surface area contributed by atoms with E-state index in [1.165, 1.54) is 6.07 Å². The minimum Gasteiger partial charge on any atom is -0.480 e. The highest BCUT2D eigenvalue weighted by atomic mass is 32.2. The lowest BCUT2D eigenvalue weighted by molar-refractivity contribution is -0.139. The Hall–Kier alpha value is -2.00. The number of unbranched alkanes of at least 4 members (excludes halogenated alkanes) is 1. The van der Waals surface area contributed by atoms with E-state index in [-0.39, 0.29) is 22.9 Å². The van der Waals surface area contributed by atoms with Gasteiger partial charge in [-0.2, -0.15) is 4.72 Å². The molecule has 2 aromatic heterocycles. The monoisotopic (exact) mass is 353 g/mol. The van der Waals surface area contributed by atoms with Crippen LogP contribution in [0.4, 0.5) is 0 Å². The molecule has 0 unspecified atom stereocenters. The summed E-state index contributed by atoms with van der Waals surface area (Å²) in [5.74, 6) is -0.903. The van der Waals surface area contributed by atoms with Crippen molar-refractivity contribution in [2.75, 3.05) is 0 Å². The lowest BCUT2D eigenvalue weighted by atomic mass is 10.1. The van der Waals surface area contributed by atoms with Crippen LogP contribution in [0.1, 0.15) is 50.6 Å². The molecule has 3 rings (SSSR count). The van der Waals surface area contributed by atoms with Crippen LogP contribution in [0.15, 0.2) is 21.7 Å². The number of rotatable bonds is 8. The first-order valence-electron chi connectivity index (χ1n) is 7.93. The number of pyridine rings is 1. The van der Waals surface area contributed by atoms with Crippen LogP contribution in [0.5, 0.6) is 0 Å². The molecule has 0 spiro atoms. The molecule has 0 saturated heterocycles. The maximum Gasteiger partial charge on any atom is 0.321 e.